The molecule has 0 fully saturated rings. The molecule has 3 aromatic carbocycles. The maximum Gasteiger partial charge on any atom is 0.177 e. The summed E-state index contributed by atoms with van der Waals surface area (Å²) in [4.78, 5) is 7.40. The Morgan fingerprint density at radius 1 is 0.840 bits per heavy atom. The smallest absolute Gasteiger partial charge is 0.177 e. The second-order valence-electron chi connectivity index (χ2n) is 14.6. The number of rotatable bonds is 6. The van der Waals surface area contributed by atoms with Gasteiger partial charge < -0.3 is 27.9 Å². The van der Waals surface area contributed by atoms with E-state index in [9.17, 15) is 0 Å². The van der Waals surface area contributed by atoms with Crippen molar-refractivity contribution in [1.29, 1.82) is 0 Å². The summed E-state index contributed by atoms with van der Waals surface area (Å²) >= 11 is 0. The van der Waals surface area contributed by atoms with Gasteiger partial charge in [0.15, 0.2) is 34.0 Å². The quantitative estimate of drug-likeness (QED) is 0.202. The van der Waals surface area contributed by atoms with Crippen LogP contribution in [-0.2, 0) is 19.3 Å². The standard InChI is InChI=1S/C42H49N3O5/c1-43(2)16-6-17-45-19-14-30-25-40(47-5)42-32-15-20-48-37-26-33-29(24-39(37)50-42)13-18-44(3)34(33)22-28-9-12-36(46-4)38(23-28)49-31-10-7-27(8-11-31)21-35(45)41(30)32/h7,9-10,12,15,20,23-26,34-35H,6,8,11,13-14,16-19,21-22H2,1-5H3. The lowest BCUT2D eigenvalue weighted by atomic mass is 9.84. The van der Waals surface area contributed by atoms with Crippen molar-refractivity contribution in [3.63, 3.8) is 0 Å². The third-order valence-corrected chi connectivity index (χ3v) is 11.1. The van der Waals surface area contributed by atoms with Gasteiger partial charge in [-0.05, 0) is 143 Å². The minimum absolute atomic E-state index is 0.168. The predicted octanol–water partition coefficient (Wildman–Crippen LogP) is 8.33. The first-order chi connectivity index (χ1) is 24.4. The monoisotopic (exact) mass is 675 g/mol. The van der Waals surface area contributed by atoms with E-state index in [1.165, 1.54) is 33.4 Å². The van der Waals surface area contributed by atoms with E-state index in [2.05, 4.69) is 84.4 Å². The number of methoxy groups -OCH3 is 2. The number of hydrogen-bond donors (Lipinski definition) is 0. The van der Waals surface area contributed by atoms with Crippen LogP contribution in [0.1, 0.15) is 65.6 Å². The van der Waals surface area contributed by atoms with Gasteiger partial charge in [-0.1, -0.05) is 17.7 Å². The summed E-state index contributed by atoms with van der Waals surface area (Å²) in [7, 11) is 9.98. The van der Waals surface area contributed by atoms with Gasteiger partial charge in [0.1, 0.15) is 5.76 Å². The minimum atomic E-state index is 0.168. The SMILES string of the molecule is COc1ccc2cc1OC1=CC=C(CC1)CC1c3c(cc(OC)c4oc5cc6c(cc5occc34)C(C2)N(C)CC6)CCN1CCCN(C)C. The number of nitrogens with zero attached hydrogens (tertiary/aromatic N) is 3. The molecule has 0 spiro atoms. The lowest BCUT2D eigenvalue weighted by Gasteiger charge is -2.39. The summed E-state index contributed by atoms with van der Waals surface area (Å²) in [6.07, 6.45) is 12.9. The number of ether oxygens (including phenoxy) is 3. The topological polar surface area (TPSA) is 63.7 Å². The number of hydrogen-bond acceptors (Lipinski definition) is 8. The second kappa shape index (κ2) is 13.8. The minimum Gasteiger partial charge on any atom is -0.493 e. The molecule has 0 N–H and O–H groups in total. The van der Waals surface area contributed by atoms with Gasteiger partial charge in [-0.3, -0.25) is 9.80 Å². The highest BCUT2D eigenvalue weighted by atomic mass is 16.5. The maximum absolute atomic E-state index is 6.96. The number of likely N-dealkylation sites (N-methyl/N-ethyl adjacent to an activating group) is 1. The molecule has 0 saturated carbocycles. The van der Waals surface area contributed by atoms with Gasteiger partial charge in [0.2, 0.25) is 0 Å². The normalized spacial score (nSPS) is 20.5. The molecule has 12 rings (SSSR count). The number of benzene rings is 3. The van der Waals surface area contributed by atoms with Crippen LogP contribution >= 0.6 is 0 Å². The Morgan fingerprint density at radius 2 is 1.70 bits per heavy atom. The van der Waals surface area contributed by atoms with Crippen LogP contribution in [0.25, 0.3) is 22.1 Å². The van der Waals surface area contributed by atoms with Crippen molar-refractivity contribution in [3.05, 3.63) is 100 Å². The average Bonchev–Trinajstić information content (AvgIpc) is 3.10. The molecule has 2 unspecified atom stereocenters. The second-order valence-corrected chi connectivity index (χ2v) is 14.6. The van der Waals surface area contributed by atoms with Crippen LogP contribution in [0.5, 0.6) is 17.2 Å². The molecule has 8 nitrogen and oxygen atoms in total. The van der Waals surface area contributed by atoms with E-state index in [1.54, 1.807) is 14.2 Å². The molecule has 262 valence electrons. The zero-order chi connectivity index (χ0) is 34.4. The number of allylic oxidation sites excluding steroid dienone is 3. The molecule has 1 aromatic heterocycles. The van der Waals surface area contributed by atoms with E-state index in [-0.39, 0.29) is 12.1 Å². The summed E-state index contributed by atoms with van der Waals surface area (Å²) in [5, 5.41) is 1.05. The fraction of sp³-hybridized carbons (Fsp3) is 0.429. The Balaban J connectivity index is 1.35. The van der Waals surface area contributed by atoms with Crippen molar-refractivity contribution in [1.82, 2.24) is 14.7 Å². The van der Waals surface area contributed by atoms with Crippen molar-refractivity contribution in [2.75, 3.05) is 61.5 Å². The fourth-order valence-corrected chi connectivity index (χ4v) is 8.46. The summed E-state index contributed by atoms with van der Waals surface area (Å²) < 4.78 is 31.9. The van der Waals surface area contributed by atoms with Crippen LogP contribution in [0.4, 0.5) is 0 Å². The Morgan fingerprint density at radius 3 is 2.50 bits per heavy atom. The molecule has 1 aliphatic carbocycles. The van der Waals surface area contributed by atoms with E-state index in [0.717, 1.165) is 116 Å². The van der Waals surface area contributed by atoms with Gasteiger partial charge in [-0.2, -0.15) is 0 Å². The van der Waals surface area contributed by atoms with E-state index >= 15 is 0 Å². The summed E-state index contributed by atoms with van der Waals surface area (Å²) in [5.74, 6) is 3.26. The first-order valence-electron chi connectivity index (χ1n) is 18.1. The van der Waals surface area contributed by atoms with Crippen molar-refractivity contribution < 1.29 is 23.0 Å². The first-order valence-corrected chi connectivity index (χ1v) is 18.1. The van der Waals surface area contributed by atoms with Crippen LogP contribution < -0.4 is 14.2 Å². The van der Waals surface area contributed by atoms with Gasteiger partial charge in [-0.25, -0.2) is 0 Å². The third-order valence-electron chi connectivity index (χ3n) is 11.1. The highest BCUT2D eigenvalue weighted by Crippen LogP contribution is 2.45. The van der Waals surface area contributed by atoms with Crippen LogP contribution in [-0.4, -0.2) is 76.2 Å². The highest BCUT2D eigenvalue weighted by Gasteiger charge is 2.32. The van der Waals surface area contributed by atoms with Gasteiger partial charge in [-0.15, -0.1) is 0 Å². The lowest BCUT2D eigenvalue weighted by molar-refractivity contribution is 0.175. The van der Waals surface area contributed by atoms with Crippen LogP contribution in [0.3, 0.4) is 0 Å². The summed E-state index contributed by atoms with van der Waals surface area (Å²) in [6, 6.07) is 15.4. The molecule has 0 saturated heterocycles. The molecule has 2 atom stereocenters. The molecule has 8 aliphatic rings. The van der Waals surface area contributed by atoms with E-state index < -0.39 is 0 Å². The largest absolute Gasteiger partial charge is 0.493 e. The zero-order valence-corrected chi connectivity index (χ0v) is 30.1. The van der Waals surface area contributed by atoms with Crippen LogP contribution in [0.2, 0.25) is 0 Å². The van der Waals surface area contributed by atoms with Crippen LogP contribution in [0, 0.1) is 0 Å². The molecule has 8 heterocycles. The Hall–Kier alpha value is -4.24. The average molecular weight is 676 g/mol. The van der Waals surface area contributed by atoms with Crippen molar-refractivity contribution in [2.24, 2.45) is 0 Å². The molecule has 8 heteroatoms. The Labute approximate surface area is 295 Å². The van der Waals surface area contributed by atoms with Crippen molar-refractivity contribution in [3.8, 4) is 17.2 Å². The van der Waals surface area contributed by atoms with Gasteiger partial charge in [0, 0.05) is 37.0 Å². The van der Waals surface area contributed by atoms with Crippen molar-refractivity contribution in [2.45, 2.75) is 57.0 Å². The van der Waals surface area contributed by atoms with E-state index in [0.29, 0.717) is 0 Å². The molecule has 7 aliphatic heterocycles. The molecule has 12 bridgehead atoms. The lowest BCUT2D eigenvalue weighted by Crippen LogP contribution is -2.37. The maximum atomic E-state index is 6.96. The van der Waals surface area contributed by atoms with Gasteiger partial charge in [0.25, 0.3) is 0 Å². The zero-order valence-electron chi connectivity index (χ0n) is 30.1. The summed E-state index contributed by atoms with van der Waals surface area (Å²) in [6.45, 7) is 4.05. The Kier molecular flexibility index (Phi) is 9.10. The predicted molar refractivity (Wildman–Crippen MR) is 198 cm³/mol. The van der Waals surface area contributed by atoms with Gasteiger partial charge in [0.05, 0.1) is 20.5 Å². The van der Waals surface area contributed by atoms with Crippen molar-refractivity contribution >= 4 is 22.1 Å². The molecule has 0 amide bonds. The van der Waals surface area contributed by atoms with E-state index in [1.807, 2.05) is 12.3 Å². The van der Waals surface area contributed by atoms with E-state index in [4.69, 9.17) is 23.0 Å². The van der Waals surface area contributed by atoms with Crippen LogP contribution in [0.15, 0.2) is 81.0 Å². The molecular formula is C42H49N3O5. The molecule has 0 radical (unpaired) electrons. The highest BCUT2D eigenvalue weighted by molar-refractivity contribution is 5.89. The molecule has 50 heavy (non-hydrogen) atoms. The summed E-state index contributed by atoms with van der Waals surface area (Å²) in [5.41, 5.74) is 10.0. The Bertz CT molecular complexity index is 2040. The molecule has 4 aromatic rings. The molecular weight excluding hydrogens is 626 g/mol. The fourth-order valence-electron chi connectivity index (χ4n) is 8.46. The van der Waals surface area contributed by atoms with Gasteiger partial charge >= 0.3 is 0 Å². The third kappa shape index (κ3) is 6.29. The first kappa shape index (κ1) is 32.9.